The summed E-state index contributed by atoms with van der Waals surface area (Å²) in [4.78, 5) is 21.7. The Balaban J connectivity index is 3.69. The largest absolute Gasteiger partial charge is 0.481 e. The van der Waals surface area contributed by atoms with E-state index < -0.39 is 5.97 Å². The van der Waals surface area contributed by atoms with E-state index in [9.17, 15) is 9.59 Å². The van der Waals surface area contributed by atoms with Crippen molar-refractivity contribution < 1.29 is 14.7 Å². The fraction of sp³-hybridized carbons (Fsp3) is 0.800. The van der Waals surface area contributed by atoms with E-state index in [0.29, 0.717) is 12.5 Å². The number of rotatable bonds is 7. The molecule has 0 aliphatic heterocycles. The summed E-state index contributed by atoms with van der Waals surface area (Å²) in [6.07, 6.45) is 1.96. The minimum Gasteiger partial charge on any atom is -0.481 e. The molecule has 2 amide bonds. The van der Waals surface area contributed by atoms with Gasteiger partial charge < -0.3 is 15.7 Å². The van der Waals surface area contributed by atoms with Crippen molar-refractivity contribution in [2.24, 2.45) is 5.92 Å². The number of thioether (sulfide) groups is 1. The highest BCUT2D eigenvalue weighted by atomic mass is 32.2. The van der Waals surface area contributed by atoms with E-state index in [2.05, 4.69) is 17.6 Å². The Morgan fingerprint density at radius 2 is 2.00 bits per heavy atom. The van der Waals surface area contributed by atoms with Crippen molar-refractivity contribution in [1.82, 2.24) is 10.6 Å². The lowest BCUT2D eigenvalue weighted by molar-refractivity contribution is -0.137. The maximum atomic E-state index is 11.3. The van der Waals surface area contributed by atoms with Gasteiger partial charge in [0, 0.05) is 12.6 Å². The van der Waals surface area contributed by atoms with Gasteiger partial charge >= 0.3 is 12.0 Å². The fourth-order valence-corrected chi connectivity index (χ4v) is 1.89. The van der Waals surface area contributed by atoms with Gasteiger partial charge in [-0.05, 0) is 24.9 Å². The zero-order chi connectivity index (χ0) is 12.6. The molecule has 0 bridgehead atoms. The second-order valence-electron chi connectivity index (χ2n) is 3.91. The molecule has 2 atom stereocenters. The lowest BCUT2D eigenvalue weighted by Crippen LogP contribution is -2.43. The molecule has 0 saturated heterocycles. The molecule has 94 valence electrons. The molecule has 0 aliphatic rings. The molecular weight excluding hydrogens is 228 g/mol. The number of hydrogen-bond acceptors (Lipinski definition) is 3. The van der Waals surface area contributed by atoms with Gasteiger partial charge in [-0.25, -0.2) is 4.79 Å². The molecule has 0 radical (unpaired) electrons. The SMILES string of the molecule is CSCC(C)CNC(=O)NC(C)CC(=O)O. The van der Waals surface area contributed by atoms with E-state index in [-0.39, 0.29) is 18.5 Å². The van der Waals surface area contributed by atoms with Crippen molar-refractivity contribution in [2.75, 3.05) is 18.6 Å². The van der Waals surface area contributed by atoms with Gasteiger partial charge in [0.25, 0.3) is 0 Å². The number of hydrogen-bond donors (Lipinski definition) is 3. The second-order valence-corrected chi connectivity index (χ2v) is 4.82. The van der Waals surface area contributed by atoms with Crippen LogP contribution in [0.3, 0.4) is 0 Å². The number of urea groups is 1. The average Bonchev–Trinajstić information content (AvgIpc) is 2.13. The van der Waals surface area contributed by atoms with E-state index in [1.54, 1.807) is 18.7 Å². The second kappa shape index (κ2) is 8.27. The molecule has 3 N–H and O–H groups in total. The first kappa shape index (κ1) is 15.1. The van der Waals surface area contributed by atoms with Gasteiger partial charge in [-0.15, -0.1) is 0 Å². The lowest BCUT2D eigenvalue weighted by atomic mass is 10.2. The summed E-state index contributed by atoms with van der Waals surface area (Å²) in [6.45, 7) is 4.32. The molecule has 6 heteroatoms. The van der Waals surface area contributed by atoms with E-state index in [4.69, 9.17) is 5.11 Å². The minimum absolute atomic E-state index is 0.0617. The minimum atomic E-state index is -0.913. The predicted octanol–water partition coefficient (Wildman–Crippen LogP) is 1.15. The zero-order valence-corrected chi connectivity index (χ0v) is 10.8. The lowest BCUT2D eigenvalue weighted by Gasteiger charge is -2.15. The van der Waals surface area contributed by atoms with Crippen LogP contribution in [0.1, 0.15) is 20.3 Å². The standard InChI is InChI=1S/C10H20N2O3S/c1-7(6-16-3)5-11-10(15)12-8(2)4-9(13)14/h7-8H,4-6H2,1-3H3,(H,13,14)(H2,11,12,15). The fourth-order valence-electron chi connectivity index (χ4n) is 1.20. The van der Waals surface area contributed by atoms with Gasteiger partial charge in [-0.1, -0.05) is 6.92 Å². The molecule has 0 spiro atoms. The molecule has 0 aromatic rings. The first-order valence-corrected chi connectivity index (χ1v) is 6.60. The van der Waals surface area contributed by atoms with Crippen molar-refractivity contribution in [3.63, 3.8) is 0 Å². The molecule has 0 rings (SSSR count). The van der Waals surface area contributed by atoms with Gasteiger partial charge in [0.1, 0.15) is 0 Å². The van der Waals surface area contributed by atoms with Crippen molar-refractivity contribution in [2.45, 2.75) is 26.3 Å². The van der Waals surface area contributed by atoms with Crippen LogP contribution in [0.2, 0.25) is 0 Å². The van der Waals surface area contributed by atoms with Crippen molar-refractivity contribution >= 4 is 23.8 Å². The molecule has 2 unspecified atom stereocenters. The third kappa shape index (κ3) is 8.40. The smallest absolute Gasteiger partial charge is 0.315 e. The number of aliphatic carboxylic acids is 1. The Hall–Kier alpha value is -0.910. The van der Waals surface area contributed by atoms with Crippen molar-refractivity contribution in [3.05, 3.63) is 0 Å². The van der Waals surface area contributed by atoms with Crippen LogP contribution in [-0.2, 0) is 4.79 Å². The Kier molecular flexibility index (Phi) is 7.80. The molecule has 16 heavy (non-hydrogen) atoms. The van der Waals surface area contributed by atoms with E-state index in [1.165, 1.54) is 0 Å². The van der Waals surface area contributed by atoms with Crippen LogP contribution in [0.25, 0.3) is 0 Å². The molecule has 0 aromatic carbocycles. The number of carboxylic acid groups (broad SMARTS) is 1. The van der Waals surface area contributed by atoms with Gasteiger partial charge in [-0.3, -0.25) is 4.79 Å². The molecule has 0 aromatic heterocycles. The highest BCUT2D eigenvalue weighted by Gasteiger charge is 2.11. The van der Waals surface area contributed by atoms with Crippen molar-refractivity contribution in [3.8, 4) is 0 Å². The maximum Gasteiger partial charge on any atom is 0.315 e. The molecule has 0 heterocycles. The topological polar surface area (TPSA) is 78.4 Å². The van der Waals surface area contributed by atoms with Crippen LogP contribution in [0.5, 0.6) is 0 Å². The highest BCUT2D eigenvalue weighted by molar-refractivity contribution is 7.98. The van der Waals surface area contributed by atoms with Crippen molar-refractivity contribution in [1.29, 1.82) is 0 Å². The average molecular weight is 248 g/mol. The molecule has 0 aliphatic carbocycles. The summed E-state index contributed by atoms with van der Waals surface area (Å²) >= 11 is 1.73. The van der Waals surface area contributed by atoms with E-state index in [1.807, 2.05) is 6.26 Å². The summed E-state index contributed by atoms with van der Waals surface area (Å²) in [5.74, 6) is 0.490. The van der Waals surface area contributed by atoms with Crippen LogP contribution in [0.15, 0.2) is 0 Å². The van der Waals surface area contributed by atoms with Crippen LogP contribution in [-0.4, -0.2) is 41.7 Å². The number of amides is 2. The molecule has 0 saturated carbocycles. The first-order valence-electron chi connectivity index (χ1n) is 5.20. The Labute approximate surface area is 100 Å². The summed E-state index contributed by atoms with van der Waals surface area (Å²) in [5, 5.41) is 13.8. The van der Waals surface area contributed by atoms with Crippen LogP contribution in [0.4, 0.5) is 4.79 Å². The van der Waals surface area contributed by atoms with Crippen LogP contribution < -0.4 is 10.6 Å². The monoisotopic (exact) mass is 248 g/mol. The molecular formula is C10H20N2O3S. The quantitative estimate of drug-likeness (QED) is 0.631. The Bertz CT molecular complexity index is 236. The molecule has 0 fully saturated rings. The highest BCUT2D eigenvalue weighted by Crippen LogP contribution is 2.02. The van der Waals surface area contributed by atoms with Gasteiger partial charge in [0.05, 0.1) is 6.42 Å². The Morgan fingerprint density at radius 1 is 1.38 bits per heavy atom. The van der Waals surface area contributed by atoms with E-state index in [0.717, 1.165) is 5.75 Å². The van der Waals surface area contributed by atoms with Gasteiger partial charge in [0.2, 0.25) is 0 Å². The van der Waals surface area contributed by atoms with Crippen LogP contribution >= 0.6 is 11.8 Å². The van der Waals surface area contributed by atoms with Crippen LogP contribution in [0, 0.1) is 5.92 Å². The zero-order valence-electron chi connectivity index (χ0n) is 9.95. The third-order valence-electron chi connectivity index (χ3n) is 1.92. The Morgan fingerprint density at radius 3 is 2.50 bits per heavy atom. The third-order valence-corrected chi connectivity index (χ3v) is 2.82. The van der Waals surface area contributed by atoms with Gasteiger partial charge in [-0.2, -0.15) is 11.8 Å². The predicted molar refractivity (Wildman–Crippen MR) is 65.8 cm³/mol. The number of carbonyl (C=O) groups is 2. The maximum absolute atomic E-state index is 11.3. The molecule has 5 nitrogen and oxygen atoms in total. The summed E-state index contributed by atoms with van der Waals surface area (Å²) in [6, 6.07) is -0.657. The summed E-state index contributed by atoms with van der Waals surface area (Å²) < 4.78 is 0. The first-order chi connectivity index (χ1) is 7.45. The normalized spacial score (nSPS) is 13.9. The van der Waals surface area contributed by atoms with Gasteiger partial charge in [0.15, 0.2) is 0 Å². The number of nitrogens with one attached hydrogen (secondary N) is 2. The van der Waals surface area contributed by atoms with E-state index >= 15 is 0 Å². The summed E-state index contributed by atoms with van der Waals surface area (Å²) in [7, 11) is 0. The summed E-state index contributed by atoms with van der Waals surface area (Å²) in [5.41, 5.74) is 0. The number of carboxylic acids is 1. The number of carbonyl (C=O) groups excluding carboxylic acids is 1.